The standard InChI is InChI=1S/C16H16F2N6O2S/c1-11-6-9-24(23-11)16-5-4-15(21-22-16)19-7-8-20-27(25,26)14-10-12(17)2-3-13(14)18/h2-6,9-10,20H,7-8H2,1H3,(H,19,21). The monoisotopic (exact) mass is 394 g/mol. The molecule has 11 heteroatoms. The van der Waals surface area contributed by atoms with Gasteiger partial charge in [-0.05, 0) is 43.3 Å². The summed E-state index contributed by atoms with van der Waals surface area (Å²) in [6, 6.07) is 7.45. The third-order valence-electron chi connectivity index (χ3n) is 3.51. The third-order valence-corrected chi connectivity index (χ3v) is 4.99. The zero-order valence-electron chi connectivity index (χ0n) is 14.2. The van der Waals surface area contributed by atoms with Crippen molar-refractivity contribution in [1.29, 1.82) is 0 Å². The van der Waals surface area contributed by atoms with Crippen LogP contribution >= 0.6 is 0 Å². The van der Waals surface area contributed by atoms with Crippen LogP contribution in [-0.2, 0) is 10.0 Å². The van der Waals surface area contributed by atoms with Gasteiger partial charge in [0.05, 0.1) is 5.69 Å². The number of hydrogen-bond acceptors (Lipinski definition) is 6. The van der Waals surface area contributed by atoms with Crippen LogP contribution in [0.15, 0.2) is 47.5 Å². The van der Waals surface area contributed by atoms with Crippen molar-refractivity contribution in [3.05, 3.63) is 59.9 Å². The van der Waals surface area contributed by atoms with Gasteiger partial charge >= 0.3 is 0 Å². The second-order valence-corrected chi connectivity index (χ2v) is 7.31. The second kappa shape index (κ2) is 7.76. The minimum atomic E-state index is -4.16. The Morgan fingerprint density at radius 2 is 1.89 bits per heavy atom. The Hall–Kier alpha value is -2.92. The molecule has 0 saturated heterocycles. The lowest BCUT2D eigenvalue weighted by atomic mass is 10.3. The molecule has 2 N–H and O–H groups in total. The summed E-state index contributed by atoms with van der Waals surface area (Å²) in [5.74, 6) is -0.889. The number of aryl methyl sites for hydroxylation is 1. The molecule has 0 atom stereocenters. The van der Waals surface area contributed by atoms with Gasteiger partial charge in [0.25, 0.3) is 0 Å². The van der Waals surface area contributed by atoms with Gasteiger partial charge in [0.1, 0.15) is 22.3 Å². The first-order valence-electron chi connectivity index (χ1n) is 7.90. The molecule has 8 nitrogen and oxygen atoms in total. The van der Waals surface area contributed by atoms with Crippen LogP contribution in [0, 0.1) is 18.6 Å². The Labute approximate surface area is 154 Å². The number of nitrogens with one attached hydrogen (secondary N) is 2. The quantitative estimate of drug-likeness (QED) is 0.591. The number of rotatable bonds is 7. The maximum atomic E-state index is 13.6. The molecule has 2 heterocycles. The van der Waals surface area contributed by atoms with Crippen LogP contribution in [0.2, 0.25) is 0 Å². The van der Waals surface area contributed by atoms with E-state index in [0.717, 1.165) is 17.8 Å². The number of benzene rings is 1. The largest absolute Gasteiger partial charge is 0.367 e. The first-order chi connectivity index (χ1) is 12.8. The van der Waals surface area contributed by atoms with Crippen molar-refractivity contribution in [3.8, 4) is 5.82 Å². The lowest BCUT2D eigenvalue weighted by molar-refractivity contribution is 0.546. The topological polar surface area (TPSA) is 102 Å². The Morgan fingerprint density at radius 3 is 2.56 bits per heavy atom. The highest BCUT2D eigenvalue weighted by atomic mass is 32.2. The smallest absolute Gasteiger partial charge is 0.243 e. The fraction of sp³-hybridized carbons (Fsp3) is 0.188. The maximum absolute atomic E-state index is 13.6. The van der Waals surface area contributed by atoms with E-state index in [0.29, 0.717) is 17.7 Å². The van der Waals surface area contributed by atoms with E-state index < -0.39 is 26.6 Å². The Morgan fingerprint density at radius 1 is 1.07 bits per heavy atom. The van der Waals surface area contributed by atoms with Crippen LogP contribution in [0.4, 0.5) is 14.6 Å². The van der Waals surface area contributed by atoms with Gasteiger partial charge in [0.2, 0.25) is 10.0 Å². The molecule has 2 aromatic heterocycles. The van der Waals surface area contributed by atoms with Crippen LogP contribution in [0.5, 0.6) is 0 Å². The first kappa shape index (κ1) is 18.9. The number of aromatic nitrogens is 4. The normalized spacial score (nSPS) is 11.5. The second-order valence-electron chi connectivity index (χ2n) is 5.58. The molecule has 0 aliphatic rings. The van der Waals surface area contributed by atoms with Gasteiger partial charge in [-0.2, -0.15) is 5.10 Å². The highest BCUT2D eigenvalue weighted by molar-refractivity contribution is 7.89. The summed E-state index contributed by atoms with van der Waals surface area (Å²) in [6.45, 7) is 1.97. The van der Waals surface area contributed by atoms with E-state index in [9.17, 15) is 17.2 Å². The number of nitrogens with zero attached hydrogens (tertiary/aromatic N) is 4. The molecule has 0 bridgehead atoms. The lowest BCUT2D eigenvalue weighted by Gasteiger charge is -2.09. The molecule has 0 unspecified atom stereocenters. The minimum Gasteiger partial charge on any atom is -0.367 e. The summed E-state index contributed by atoms with van der Waals surface area (Å²) < 4.78 is 54.6. The lowest BCUT2D eigenvalue weighted by Crippen LogP contribution is -2.29. The number of sulfonamides is 1. The van der Waals surface area contributed by atoms with Crippen LogP contribution in [-0.4, -0.2) is 41.5 Å². The van der Waals surface area contributed by atoms with Gasteiger partial charge < -0.3 is 5.32 Å². The van der Waals surface area contributed by atoms with E-state index in [1.165, 1.54) is 0 Å². The van der Waals surface area contributed by atoms with Crippen LogP contribution in [0.3, 0.4) is 0 Å². The fourth-order valence-electron chi connectivity index (χ4n) is 2.22. The van der Waals surface area contributed by atoms with Gasteiger partial charge in [-0.1, -0.05) is 0 Å². The molecule has 0 aliphatic heterocycles. The SMILES string of the molecule is Cc1ccn(-c2ccc(NCCNS(=O)(=O)c3cc(F)ccc3F)nn2)n1. The summed E-state index contributed by atoms with van der Waals surface area (Å²) in [4.78, 5) is -0.735. The van der Waals surface area contributed by atoms with Gasteiger partial charge in [-0.15, -0.1) is 10.2 Å². The molecule has 0 radical (unpaired) electrons. The predicted molar refractivity (Wildman–Crippen MR) is 93.9 cm³/mol. The van der Waals surface area contributed by atoms with E-state index in [-0.39, 0.29) is 13.1 Å². The van der Waals surface area contributed by atoms with E-state index in [1.807, 2.05) is 13.0 Å². The summed E-state index contributed by atoms with van der Waals surface area (Å²) in [5.41, 5.74) is 0.848. The Bertz CT molecular complexity index is 1040. The molecule has 142 valence electrons. The van der Waals surface area contributed by atoms with Crippen molar-refractivity contribution in [2.45, 2.75) is 11.8 Å². The average Bonchev–Trinajstić information content (AvgIpc) is 3.07. The van der Waals surface area contributed by atoms with E-state index in [1.54, 1.807) is 23.0 Å². The van der Waals surface area contributed by atoms with Crippen LogP contribution in [0.1, 0.15) is 5.69 Å². The predicted octanol–water partition coefficient (Wildman–Crippen LogP) is 1.64. The van der Waals surface area contributed by atoms with Gasteiger partial charge in [0, 0.05) is 19.3 Å². The third kappa shape index (κ3) is 4.63. The van der Waals surface area contributed by atoms with Crippen molar-refractivity contribution in [2.75, 3.05) is 18.4 Å². The minimum absolute atomic E-state index is 0.0555. The molecule has 1 aromatic carbocycles. The highest BCUT2D eigenvalue weighted by Crippen LogP contribution is 2.15. The molecular formula is C16H16F2N6O2S. The van der Waals surface area contributed by atoms with Gasteiger partial charge in [-0.3, -0.25) is 0 Å². The van der Waals surface area contributed by atoms with E-state index >= 15 is 0 Å². The summed E-state index contributed by atoms with van der Waals surface area (Å²) in [7, 11) is -4.16. The summed E-state index contributed by atoms with van der Waals surface area (Å²) in [5, 5.41) is 15.1. The highest BCUT2D eigenvalue weighted by Gasteiger charge is 2.19. The molecular weight excluding hydrogens is 378 g/mol. The van der Waals surface area contributed by atoms with Gasteiger partial charge in [0.15, 0.2) is 5.82 Å². The van der Waals surface area contributed by atoms with Crippen LogP contribution < -0.4 is 10.0 Å². The first-order valence-corrected chi connectivity index (χ1v) is 9.38. The number of anilines is 1. The van der Waals surface area contributed by atoms with E-state index in [2.05, 4.69) is 25.3 Å². The molecule has 27 heavy (non-hydrogen) atoms. The van der Waals surface area contributed by atoms with Crippen molar-refractivity contribution in [3.63, 3.8) is 0 Å². The fourth-order valence-corrected chi connectivity index (χ4v) is 3.34. The molecule has 3 aromatic rings. The van der Waals surface area contributed by atoms with Crippen molar-refractivity contribution in [2.24, 2.45) is 0 Å². The molecule has 0 amide bonds. The molecule has 0 aliphatic carbocycles. The molecule has 0 saturated carbocycles. The zero-order chi connectivity index (χ0) is 19.4. The molecule has 0 fully saturated rings. The number of halogens is 2. The number of hydrogen-bond donors (Lipinski definition) is 2. The summed E-state index contributed by atoms with van der Waals surface area (Å²) >= 11 is 0. The van der Waals surface area contributed by atoms with Crippen LogP contribution in [0.25, 0.3) is 5.82 Å². The Kier molecular flexibility index (Phi) is 5.42. The Balaban J connectivity index is 1.54. The van der Waals surface area contributed by atoms with Crippen molar-refractivity contribution < 1.29 is 17.2 Å². The maximum Gasteiger partial charge on any atom is 0.243 e. The summed E-state index contributed by atoms with van der Waals surface area (Å²) in [6.07, 6.45) is 1.76. The molecule has 3 rings (SSSR count). The van der Waals surface area contributed by atoms with Crippen molar-refractivity contribution >= 4 is 15.8 Å². The average molecular weight is 394 g/mol. The zero-order valence-corrected chi connectivity index (χ0v) is 15.0. The van der Waals surface area contributed by atoms with Crippen molar-refractivity contribution in [1.82, 2.24) is 24.7 Å². The van der Waals surface area contributed by atoms with Gasteiger partial charge in [-0.25, -0.2) is 26.6 Å². The van der Waals surface area contributed by atoms with E-state index in [4.69, 9.17) is 0 Å². The molecule has 0 spiro atoms.